The number of furan rings is 1. The second kappa shape index (κ2) is 4.55. The lowest BCUT2D eigenvalue weighted by Crippen LogP contribution is -2.02. The molecule has 0 bridgehead atoms. The molecule has 0 aliphatic heterocycles. The lowest BCUT2D eigenvalue weighted by Gasteiger charge is -2.12. The van der Waals surface area contributed by atoms with Gasteiger partial charge in [0.15, 0.2) is 0 Å². The van der Waals surface area contributed by atoms with Crippen molar-refractivity contribution in [2.24, 2.45) is 5.73 Å². The second-order valence-electron chi connectivity index (χ2n) is 4.94. The van der Waals surface area contributed by atoms with E-state index in [0.29, 0.717) is 12.6 Å². The SMILES string of the molecule is CC(C)n1c(-c2ccoc2)nc2cc(CN)ccc21. The van der Waals surface area contributed by atoms with E-state index in [-0.39, 0.29) is 0 Å². The third-order valence-corrected chi connectivity index (χ3v) is 3.29. The predicted molar refractivity (Wildman–Crippen MR) is 75.7 cm³/mol. The maximum Gasteiger partial charge on any atom is 0.144 e. The van der Waals surface area contributed by atoms with E-state index in [1.54, 1.807) is 12.5 Å². The van der Waals surface area contributed by atoms with Crippen LogP contribution in [0.5, 0.6) is 0 Å². The molecule has 0 aliphatic carbocycles. The summed E-state index contributed by atoms with van der Waals surface area (Å²) in [5, 5.41) is 0. The quantitative estimate of drug-likeness (QED) is 0.781. The van der Waals surface area contributed by atoms with E-state index < -0.39 is 0 Å². The summed E-state index contributed by atoms with van der Waals surface area (Å²) in [6, 6.07) is 8.47. The first-order valence-electron chi connectivity index (χ1n) is 6.44. The van der Waals surface area contributed by atoms with Crippen molar-refractivity contribution in [3.05, 3.63) is 42.4 Å². The largest absolute Gasteiger partial charge is 0.472 e. The summed E-state index contributed by atoms with van der Waals surface area (Å²) >= 11 is 0. The van der Waals surface area contributed by atoms with Crippen molar-refractivity contribution in [3.63, 3.8) is 0 Å². The molecule has 0 aliphatic rings. The number of benzene rings is 1. The minimum atomic E-state index is 0.332. The van der Waals surface area contributed by atoms with Gasteiger partial charge in [-0.3, -0.25) is 0 Å². The summed E-state index contributed by atoms with van der Waals surface area (Å²) in [5.74, 6) is 0.938. The van der Waals surface area contributed by atoms with Crippen molar-refractivity contribution in [1.82, 2.24) is 9.55 Å². The van der Waals surface area contributed by atoms with Gasteiger partial charge in [0.25, 0.3) is 0 Å². The Morgan fingerprint density at radius 3 is 2.79 bits per heavy atom. The molecule has 4 nitrogen and oxygen atoms in total. The third kappa shape index (κ3) is 1.94. The van der Waals surface area contributed by atoms with E-state index in [1.807, 2.05) is 6.07 Å². The van der Waals surface area contributed by atoms with Gasteiger partial charge in [-0.2, -0.15) is 0 Å². The van der Waals surface area contributed by atoms with Crippen LogP contribution in [0.25, 0.3) is 22.4 Å². The molecule has 0 amide bonds. The van der Waals surface area contributed by atoms with E-state index in [1.165, 1.54) is 0 Å². The zero-order valence-electron chi connectivity index (χ0n) is 11.1. The highest BCUT2D eigenvalue weighted by Gasteiger charge is 2.15. The van der Waals surface area contributed by atoms with Gasteiger partial charge in [-0.25, -0.2) is 4.98 Å². The number of aromatic nitrogens is 2. The lowest BCUT2D eigenvalue weighted by molar-refractivity contribution is 0.566. The average Bonchev–Trinajstić information content (AvgIpc) is 3.04. The summed E-state index contributed by atoms with van der Waals surface area (Å²) in [7, 11) is 0. The van der Waals surface area contributed by atoms with Crippen LogP contribution in [0.1, 0.15) is 25.5 Å². The number of nitrogens with two attached hydrogens (primary N) is 1. The minimum absolute atomic E-state index is 0.332. The molecule has 0 saturated carbocycles. The fraction of sp³-hybridized carbons (Fsp3) is 0.267. The Labute approximate surface area is 111 Å². The molecule has 98 valence electrons. The molecule has 2 aromatic heterocycles. The number of rotatable bonds is 3. The first kappa shape index (κ1) is 12.0. The smallest absolute Gasteiger partial charge is 0.144 e. The fourth-order valence-corrected chi connectivity index (χ4v) is 2.39. The van der Waals surface area contributed by atoms with Crippen LogP contribution in [0.3, 0.4) is 0 Å². The Morgan fingerprint density at radius 1 is 1.32 bits per heavy atom. The fourth-order valence-electron chi connectivity index (χ4n) is 2.39. The second-order valence-corrected chi connectivity index (χ2v) is 4.94. The number of hydrogen-bond acceptors (Lipinski definition) is 3. The van der Waals surface area contributed by atoms with Crippen molar-refractivity contribution in [3.8, 4) is 11.4 Å². The molecule has 2 N–H and O–H groups in total. The van der Waals surface area contributed by atoms with E-state index in [2.05, 4.69) is 36.6 Å². The zero-order chi connectivity index (χ0) is 13.4. The highest BCUT2D eigenvalue weighted by molar-refractivity contribution is 5.81. The number of hydrogen-bond donors (Lipinski definition) is 1. The Morgan fingerprint density at radius 2 is 2.16 bits per heavy atom. The Balaban J connectivity index is 2.29. The van der Waals surface area contributed by atoms with Gasteiger partial charge < -0.3 is 14.7 Å². The molecule has 0 fully saturated rings. The molecule has 0 unspecified atom stereocenters. The summed E-state index contributed by atoms with van der Waals surface area (Å²) in [5.41, 5.74) is 9.89. The van der Waals surface area contributed by atoms with Gasteiger partial charge in [-0.05, 0) is 37.6 Å². The van der Waals surface area contributed by atoms with Crippen LogP contribution in [0.2, 0.25) is 0 Å². The molecular weight excluding hydrogens is 238 g/mol. The van der Waals surface area contributed by atoms with Crippen molar-refractivity contribution in [2.45, 2.75) is 26.4 Å². The Kier molecular flexibility index (Phi) is 2.87. The average molecular weight is 255 g/mol. The van der Waals surface area contributed by atoms with Gasteiger partial charge in [-0.1, -0.05) is 6.07 Å². The standard InChI is InChI=1S/C15H17N3O/c1-10(2)18-14-4-3-11(8-16)7-13(14)17-15(18)12-5-6-19-9-12/h3-7,9-10H,8,16H2,1-2H3. The Bertz CT molecular complexity index is 696. The molecule has 0 radical (unpaired) electrons. The van der Waals surface area contributed by atoms with E-state index in [9.17, 15) is 0 Å². The van der Waals surface area contributed by atoms with E-state index in [4.69, 9.17) is 15.1 Å². The first-order chi connectivity index (χ1) is 9.20. The molecule has 3 rings (SSSR count). The van der Waals surface area contributed by atoms with Gasteiger partial charge in [0, 0.05) is 12.6 Å². The van der Waals surface area contributed by atoms with Crippen LogP contribution < -0.4 is 5.73 Å². The summed E-state index contributed by atoms with van der Waals surface area (Å²) < 4.78 is 7.39. The third-order valence-electron chi connectivity index (χ3n) is 3.29. The molecule has 3 aromatic rings. The van der Waals surface area contributed by atoms with Crippen LogP contribution in [-0.4, -0.2) is 9.55 Å². The molecule has 2 heterocycles. The highest BCUT2D eigenvalue weighted by atomic mass is 16.3. The van der Waals surface area contributed by atoms with Crippen LogP contribution in [0.4, 0.5) is 0 Å². The number of imidazole rings is 1. The van der Waals surface area contributed by atoms with Crippen LogP contribution >= 0.6 is 0 Å². The molecule has 19 heavy (non-hydrogen) atoms. The molecule has 0 atom stereocenters. The molecule has 0 spiro atoms. The summed E-state index contributed by atoms with van der Waals surface area (Å²) in [6.07, 6.45) is 3.40. The monoisotopic (exact) mass is 255 g/mol. The van der Waals surface area contributed by atoms with Gasteiger partial charge in [0.05, 0.1) is 22.9 Å². The van der Waals surface area contributed by atoms with Gasteiger partial charge in [0.1, 0.15) is 12.1 Å². The van der Waals surface area contributed by atoms with Gasteiger partial charge in [0.2, 0.25) is 0 Å². The summed E-state index contributed by atoms with van der Waals surface area (Å²) in [4.78, 5) is 4.73. The lowest BCUT2D eigenvalue weighted by atomic mass is 10.2. The van der Waals surface area contributed by atoms with E-state index >= 15 is 0 Å². The molecule has 1 aromatic carbocycles. The zero-order valence-corrected chi connectivity index (χ0v) is 11.1. The highest BCUT2D eigenvalue weighted by Crippen LogP contribution is 2.29. The minimum Gasteiger partial charge on any atom is -0.472 e. The molecule has 0 saturated heterocycles. The number of fused-ring (bicyclic) bond motifs is 1. The maximum absolute atomic E-state index is 5.69. The van der Waals surface area contributed by atoms with Crippen molar-refractivity contribution in [1.29, 1.82) is 0 Å². The first-order valence-corrected chi connectivity index (χ1v) is 6.44. The number of nitrogens with zero attached hydrogens (tertiary/aromatic N) is 2. The normalized spacial score (nSPS) is 11.6. The topological polar surface area (TPSA) is 57.0 Å². The Hall–Kier alpha value is -2.07. The molecule has 4 heteroatoms. The van der Waals surface area contributed by atoms with Crippen molar-refractivity contribution in [2.75, 3.05) is 0 Å². The van der Waals surface area contributed by atoms with E-state index in [0.717, 1.165) is 28.0 Å². The molecular formula is C15H17N3O. The summed E-state index contributed by atoms with van der Waals surface area (Å²) in [6.45, 7) is 4.84. The van der Waals surface area contributed by atoms with Crippen LogP contribution in [-0.2, 0) is 6.54 Å². The predicted octanol–water partition coefficient (Wildman–Crippen LogP) is 3.34. The van der Waals surface area contributed by atoms with Crippen molar-refractivity contribution < 1.29 is 4.42 Å². The van der Waals surface area contributed by atoms with Crippen LogP contribution in [0, 0.1) is 0 Å². The van der Waals surface area contributed by atoms with Gasteiger partial charge >= 0.3 is 0 Å². The van der Waals surface area contributed by atoms with Crippen molar-refractivity contribution >= 4 is 11.0 Å². The maximum atomic E-state index is 5.69. The van der Waals surface area contributed by atoms with Crippen LogP contribution in [0.15, 0.2) is 41.2 Å². The van der Waals surface area contributed by atoms with Gasteiger partial charge in [-0.15, -0.1) is 0 Å².